The van der Waals surface area contributed by atoms with Crippen LogP contribution in [0, 0.1) is 29.1 Å². The van der Waals surface area contributed by atoms with E-state index in [0.29, 0.717) is 29.0 Å². The first-order valence-electron chi connectivity index (χ1n) is 10.2. The minimum Gasteiger partial charge on any atom is -0.347 e. The zero-order valence-electron chi connectivity index (χ0n) is 14.9. The molecule has 5 atom stereocenters. The molecule has 0 bridgehead atoms. The SMILES string of the molecule is CCC12CCCC1C1CC=C3CC4(CCC3C1C(=O)C2)OCCO4. The second-order valence-corrected chi connectivity index (χ2v) is 8.99. The largest absolute Gasteiger partial charge is 0.347 e. The summed E-state index contributed by atoms with van der Waals surface area (Å²) in [5, 5.41) is 0. The van der Waals surface area contributed by atoms with Crippen LogP contribution in [0.15, 0.2) is 11.6 Å². The van der Waals surface area contributed by atoms with Gasteiger partial charge >= 0.3 is 0 Å². The van der Waals surface area contributed by atoms with Gasteiger partial charge in [-0.15, -0.1) is 0 Å². The van der Waals surface area contributed by atoms with Gasteiger partial charge < -0.3 is 9.47 Å². The monoisotopic (exact) mass is 330 g/mol. The average molecular weight is 330 g/mol. The molecule has 0 radical (unpaired) electrons. The first-order chi connectivity index (χ1) is 11.7. The molecule has 5 unspecified atom stereocenters. The Hall–Kier alpha value is -0.670. The van der Waals surface area contributed by atoms with Crippen LogP contribution in [0.1, 0.15) is 64.7 Å². The van der Waals surface area contributed by atoms with E-state index in [-0.39, 0.29) is 5.79 Å². The van der Waals surface area contributed by atoms with Crippen molar-refractivity contribution < 1.29 is 14.3 Å². The fraction of sp³-hybridized carbons (Fsp3) is 0.857. The van der Waals surface area contributed by atoms with Crippen LogP contribution in [0.4, 0.5) is 0 Å². The molecule has 4 aliphatic carbocycles. The van der Waals surface area contributed by atoms with E-state index < -0.39 is 0 Å². The van der Waals surface area contributed by atoms with E-state index in [1.165, 1.54) is 31.3 Å². The van der Waals surface area contributed by atoms with E-state index in [1.54, 1.807) is 0 Å². The molecule has 0 aromatic carbocycles. The van der Waals surface area contributed by atoms with Crippen LogP contribution >= 0.6 is 0 Å². The van der Waals surface area contributed by atoms with Gasteiger partial charge in [-0.1, -0.05) is 25.0 Å². The first kappa shape index (κ1) is 15.6. The lowest BCUT2D eigenvalue weighted by atomic mass is 9.51. The van der Waals surface area contributed by atoms with Crippen molar-refractivity contribution in [2.24, 2.45) is 29.1 Å². The van der Waals surface area contributed by atoms with E-state index in [0.717, 1.165) is 51.2 Å². The number of hydrogen-bond donors (Lipinski definition) is 0. The third kappa shape index (κ3) is 2.07. The van der Waals surface area contributed by atoms with Gasteiger partial charge in [0.15, 0.2) is 5.79 Å². The van der Waals surface area contributed by atoms with Crippen LogP contribution in [0.3, 0.4) is 0 Å². The van der Waals surface area contributed by atoms with E-state index in [4.69, 9.17) is 9.47 Å². The summed E-state index contributed by atoms with van der Waals surface area (Å²) in [6.45, 7) is 3.77. The van der Waals surface area contributed by atoms with E-state index in [1.807, 2.05) is 0 Å². The number of ether oxygens (including phenoxy) is 2. The van der Waals surface area contributed by atoms with Gasteiger partial charge in [-0.3, -0.25) is 4.79 Å². The molecule has 1 aliphatic heterocycles. The minimum atomic E-state index is -0.354. The summed E-state index contributed by atoms with van der Waals surface area (Å²) in [6.07, 6.45) is 12.6. The molecule has 0 N–H and O–H groups in total. The maximum absolute atomic E-state index is 13.2. The van der Waals surface area contributed by atoms with Gasteiger partial charge in [0, 0.05) is 25.2 Å². The van der Waals surface area contributed by atoms with Crippen LogP contribution in [0.5, 0.6) is 0 Å². The Kier molecular flexibility index (Phi) is 3.51. The summed E-state index contributed by atoms with van der Waals surface area (Å²) in [6, 6.07) is 0. The number of allylic oxidation sites excluding steroid dienone is 1. The lowest BCUT2D eigenvalue weighted by Crippen LogP contribution is -2.51. The summed E-state index contributed by atoms with van der Waals surface area (Å²) in [4.78, 5) is 13.2. The van der Waals surface area contributed by atoms with Crippen molar-refractivity contribution in [2.45, 2.75) is 70.5 Å². The summed E-state index contributed by atoms with van der Waals surface area (Å²) in [7, 11) is 0. The van der Waals surface area contributed by atoms with E-state index in [2.05, 4.69) is 13.0 Å². The highest BCUT2D eigenvalue weighted by molar-refractivity contribution is 5.84. The quantitative estimate of drug-likeness (QED) is 0.674. The normalized spacial score (nSPS) is 46.4. The third-order valence-corrected chi connectivity index (χ3v) is 8.24. The zero-order chi connectivity index (χ0) is 16.4. The van der Waals surface area contributed by atoms with Crippen molar-refractivity contribution in [2.75, 3.05) is 13.2 Å². The Labute approximate surface area is 145 Å². The number of rotatable bonds is 1. The smallest absolute Gasteiger partial charge is 0.172 e. The van der Waals surface area contributed by atoms with Gasteiger partial charge in [0.05, 0.1) is 13.2 Å². The number of hydrogen-bond acceptors (Lipinski definition) is 3. The Morgan fingerprint density at radius 3 is 2.79 bits per heavy atom. The molecular weight excluding hydrogens is 300 g/mol. The number of fused-ring (bicyclic) bond motifs is 5. The van der Waals surface area contributed by atoms with Gasteiger partial charge in [-0.05, 0) is 55.3 Å². The molecule has 1 heterocycles. The Bertz CT molecular complexity index is 574. The van der Waals surface area contributed by atoms with Crippen molar-refractivity contribution in [3.8, 4) is 0 Å². The van der Waals surface area contributed by atoms with Crippen molar-refractivity contribution >= 4 is 5.78 Å². The van der Waals surface area contributed by atoms with Gasteiger partial charge in [-0.2, -0.15) is 0 Å². The van der Waals surface area contributed by atoms with Crippen LogP contribution in [0.2, 0.25) is 0 Å². The fourth-order valence-corrected chi connectivity index (χ4v) is 7.16. The van der Waals surface area contributed by atoms with Gasteiger partial charge in [-0.25, -0.2) is 0 Å². The molecule has 1 saturated heterocycles. The molecule has 5 rings (SSSR count). The average Bonchev–Trinajstić information content (AvgIpc) is 3.22. The Morgan fingerprint density at radius 1 is 1.17 bits per heavy atom. The minimum absolute atomic E-state index is 0.298. The molecular formula is C21H30O3. The predicted octanol–water partition coefficient (Wildman–Crippen LogP) is 4.26. The molecule has 3 heteroatoms. The van der Waals surface area contributed by atoms with Crippen molar-refractivity contribution in [1.82, 2.24) is 0 Å². The van der Waals surface area contributed by atoms with Crippen LogP contribution in [0.25, 0.3) is 0 Å². The molecule has 4 fully saturated rings. The fourth-order valence-electron chi connectivity index (χ4n) is 7.16. The van der Waals surface area contributed by atoms with E-state index in [9.17, 15) is 4.79 Å². The number of ketones is 1. The predicted molar refractivity (Wildman–Crippen MR) is 91.3 cm³/mol. The highest BCUT2D eigenvalue weighted by atomic mass is 16.7. The molecule has 132 valence electrons. The second kappa shape index (κ2) is 5.41. The summed E-state index contributed by atoms with van der Waals surface area (Å²) < 4.78 is 11.9. The summed E-state index contributed by atoms with van der Waals surface area (Å²) in [5.74, 6) is 2.41. The molecule has 0 aromatic rings. The van der Waals surface area contributed by atoms with Crippen molar-refractivity contribution in [3.63, 3.8) is 0 Å². The highest BCUT2D eigenvalue weighted by Crippen LogP contribution is 2.62. The van der Waals surface area contributed by atoms with Crippen molar-refractivity contribution in [1.29, 1.82) is 0 Å². The topological polar surface area (TPSA) is 35.5 Å². The summed E-state index contributed by atoms with van der Waals surface area (Å²) in [5.41, 5.74) is 1.82. The van der Waals surface area contributed by atoms with Gasteiger partial charge in [0.2, 0.25) is 0 Å². The summed E-state index contributed by atoms with van der Waals surface area (Å²) >= 11 is 0. The Balaban J connectivity index is 1.45. The van der Waals surface area contributed by atoms with Crippen LogP contribution in [-0.4, -0.2) is 24.8 Å². The molecule has 0 aromatic heterocycles. The lowest BCUT2D eigenvalue weighted by molar-refractivity contribution is -0.177. The Morgan fingerprint density at radius 2 is 2.00 bits per heavy atom. The van der Waals surface area contributed by atoms with Gasteiger partial charge in [0.25, 0.3) is 0 Å². The van der Waals surface area contributed by atoms with Crippen LogP contribution < -0.4 is 0 Å². The number of carbonyl (C=O) groups excluding carboxylic acids is 1. The molecule has 5 aliphatic rings. The third-order valence-electron chi connectivity index (χ3n) is 8.24. The highest BCUT2D eigenvalue weighted by Gasteiger charge is 2.58. The molecule has 1 spiro atoms. The molecule has 3 saturated carbocycles. The van der Waals surface area contributed by atoms with Crippen molar-refractivity contribution in [3.05, 3.63) is 11.6 Å². The first-order valence-corrected chi connectivity index (χ1v) is 10.2. The maximum Gasteiger partial charge on any atom is 0.172 e. The second-order valence-electron chi connectivity index (χ2n) is 8.99. The van der Waals surface area contributed by atoms with Crippen LogP contribution in [-0.2, 0) is 14.3 Å². The standard InChI is InChI=1S/C21H30O3/c1-2-20-8-3-4-17(20)16-6-5-14-12-21(23-10-11-24-21)9-7-15(14)19(16)18(22)13-20/h5,15-17,19H,2-4,6-13H2,1H3. The molecule has 0 amide bonds. The number of carbonyl (C=O) groups is 1. The zero-order valence-corrected chi connectivity index (χ0v) is 14.9. The van der Waals surface area contributed by atoms with Gasteiger partial charge in [0.1, 0.15) is 5.78 Å². The van der Waals surface area contributed by atoms with E-state index >= 15 is 0 Å². The maximum atomic E-state index is 13.2. The number of Topliss-reactive ketones (excluding diaryl/α,β-unsaturated/α-hetero) is 1. The molecule has 24 heavy (non-hydrogen) atoms. The lowest BCUT2D eigenvalue weighted by Gasteiger charge is -2.53. The molecule has 3 nitrogen and oxygen atoms in total.